The third kappa shape index (κ3) is 9.09. The highest BCUT2D eigenvalue weighted by Gasteiger charge is 2.55. The first kappa shape index (κ1) is 45.8. The molecule has 2 aromatic heterocycles. The van der Waals surface area contributed by atoms with Gasteiger partial charge in [-0.15, -0.1) is 6.58 Å². The molecule has 5 aliphatic rings. The molecular weight excluding hydrogens is 839 g/mol. The Morgan fingerprint density at radius 3 is 2.41 bits per heavy atom. The molecule has 2 atom stereocenters. The molecule has 17 nitrogen and oxygen atoms in total. The zero-order valence-corrected chi connectivity index (χ0v) is 37.9. The van der Waals surface area contributed by atoms with Crippen LogP contribution in [0.3, 0.4) is 0 Å². The van der Waals surface area contributed by atoms with Crippen molar-refractivity contribution in [3.8, 4) is 0 Å². The number of aliphatic hydroxyl groups is 1. The van der Waals surface area contributed by atoms with Gasteiger partial charge in [-0.1, -0.05) is 25.1 Å². The lowest BCUT2D eigenvalue weighted by Crippen LogP contribution is -2.68. The molecule has 66 heavy (non-hydrogen) atoms. The number of rotatable bonds is 16. The minimum atomic E-state index is -0.996. The second kappa shape index (κ2) is 19.8. The van der Waals surface area contributed by atoms with Crippen molar-refractivity contribution in [1.29, 1.82) is 0 Å². The summed E-state index contributed by atoms with van der Waals surface area (Å²) in [4.78, 5) is 86.3. The van der Waals surface area contributed by atoms with Crippen molar-refractivity contribution in [2.75, 3.05) is 80.4 Å². The fourth-order valence-corrected chi connectivity index (χ4v) is 10.2. The number of benzene rings is 2. The van der Waals surface area contributed by atoms with Gasteiger partial charge in [-0.25, -0.2) is 9.97 Å². The van der Waals surface area contributed by atoms with Gasteiger partial charge in [0.25, 0.3) is 17.7 Å². The van der Waals surface area contributed by atoms with E-state index in [0.29, 0.717) is 59.1 Å². The molecule has 17 heteroatoms. The predicted octanol–water partition coefficient (Wildman–Crippen LogP) is 4.80. The van der Waals surface area contributed by atoms with Gasteiger partial charge in [0, 0.05) is 107 Å². The van der Waals surface area contributed by atoms with E-state index in [4.69, 9.17) is 15.1 Å². The van der Waals surface area contributed by atoms with E-state index in [1.54, 1.807) is 18.2 Å². The smallest absolute Gasteiger partial charge is 0.264 e. The molecule has 4 aromatic rings. The number of amides is 4. The number of piperazine rings is 1. The number of carbonyl (C=O) groups is 5. The van der Waals surface area contributed by atoms with Gasteiger partial charge in [0.05, 0.1) is 22.9 Å². The molecule has 1 saturated carbocycles. The number of fused-ring (bicyclic) bond motifs is 2. The quantitative estimate of drug-likeness (QED) is 0.0583. The van der Waals surface area contributed by atoms with Crippen molar-refractivity contribution in [1.82, 2.24) is 35.4 Å². The number of aryl methyl sites for hydroxylation is 1. The summed E-state index contributed by atoms with van der Waals surface area (Å²) < 4.78 is 0. The fraction of sp³-hybridized carbons (Fsp3) is 0.429. The van der Waals surface area contributed by atoms with Crippen LogP contribution in [0.4, 0.5) is 34.6 Å². The van der Waals surface area contributed by atoms with Crippen LogP contribution in [-0.4, -0.2) is 132 Å². The van der Waals surface area contributed by atoms with E-state index >= 15 is 0 Å². The number of carbonyl (C=O) groups excluding carboxylic acids is 5. The molecule has 3 aliphatic heterocycles. The van der Waals surface area contributed by atoms with Crippen LogP contribution in [0.2, 0.25) is 0 Å². The van der Waals surface area contributed by atoms with Crippen molar-refractivity contribution in [2.45, 2.75) is 69.9 Å². The number of anilines is 6. The summed E-state index contributed by atoms with van der Waals surface area (Å²) in [6.45, 7) is 11.6. The van der Waals surface area contributed by atoms with Crippen molar-refractivity contribution in [3.63, 3.8) is 0 Å². The van der Waals surface area contributed by atoms with Gasteiger partial charge >= 0.3 is 0 Å². The molecule has 0 bridgehead atoms. The SMILES string of the molecule is C=CCNC(=O)c1cnc(Nc2ccc(N3CCN(C4CC5(C4)CN(c4cccc6c4C(=O)N(C(C=O)CCC(=O)NC)C6=O)C5)CC3)cc2)nc1Nc1ccc2c(n1)C(CC)CC2.CO. The Kier molecular flexibility index (Phi) is 13.7. The van der Waals surface area contributed by atoms with E-state index in [2.05, 4.69) is 72.7 Å². The molecule has 2 saturated heterocycles. The van der Waals surface area contributed by atoms with Crippen LogP contribution in [0.5, 0.6) is 0 Å². The molecule has 2 aromatic carbocycles. The Hall–Kier alpha value is -6.72. The first-order chi connectivity index (χ1) is 32.1. The van der Waals surface area contributed by atoms with E-state index in [0.717, 1.165) is 106 Å². The Morgan fingerprint density at radius 2 is 1.71 bits per heavy atom. The highest BCUT2D eigenvalue weighted by atomic mass is 16.2. The Morgan fingerprint density at radius 1 is 0.955 bits per heavy atom. The number of imide groups is 1. The molecule has 2 unspecified atom stereocenters. The molecule has 5 N–H and O–H groups in total. The van der Waals surface area contributed by atoms with Gasteiger partial charge in [0.1, 0.15) is 23.5 Å². The first-order valence-electron chi connectivity index (χ1n) is 22.9. The van der Waals surface area contributed by atoms with Crippen LogP contribution in [0, 0.1) is 5.41 Å². The molecule has 1 spiro atoms. The molecule has 5 heterocycles. The number of hydrogen-bond donors (Lipinski definition) is 5. The largest absolute Gasteiger partial charge is 0.400 e. The maximum atomic E-state index is 13.6. The normalized spacial score (nSPS) is 18.8. The maximum Gasteiger partial charge on any atom is 0.264 e. The number of aldehydes is 1. The summed E-state index contributed by atoms with van der Waals surface area (Å²) in [6, 6.07) is 17.2. The molecule has 4 amide bonds. The van der Waals surface area contributed by atoms with Gasteiger partial charge in [0.15, 0.2) is 0 Å². The molecule has 0 radical (unpaired) electrons. The zero-order valence-electron chi connectivity index (χ0n) is 37.9. The van der Waals surface area contributed by atoms with Crippen LogP contribution in [0.1, 0.15) is 93.7 Å². The topological polar surface area (TPSA) is 205 Å². The van der Waals surface area contributed by atoms with Crippen LogP contribution >= 0.6 is 0 Å². The van der Waals surface area contributed by atoms with Gasteiger partial charge in [0.2, 0.25) is 11.9 Å². The summed E-state index contributed by atoms with van der Waals surface area (Å²) in [5.74, 6) is 0.270. The minimum Gasteiger partial charge on any atom is -0.400 e. The number of nitrogens with zero attached hydrogens (tertiary/aromatic N) is 7. The summed E-state index contributed by atoms with van der Waals surface area (Å²) in [6.07, 6.45) is 9.20. The molecule has 2 aliphatic carbocycles. The lowest BCUT2D eigenvalue weighted by atomic mass is 9.60. The molecule has 346 valence electrons. The zero-order chi connectivity index (χ0) is 46.5. The lowest BCUT2D eigenvalue weighted by Gasteiger charge is -2.62. The van der Waals surface area contributed by atoms with Crippen LogP contribution in [0.15, 0.2) is 73.4 Å². The van der Waals surface area contributed by atoms with Gasteiger partial charge in [-0.05, 0) is 86.6 Å². The highest BCUT2D eigenvalue weighted by molar-refractivity contribution is 6.24. The fourth-order valence-electron chi connectivity index (χ4n) is 10.2. The summed E-state index contributed by atoms with van der Waals surface area (Å²) >= 11 is 0. The number of nitrogens with one attached hydrogen (secondary N) is 4. The Balaban J connectivity index is 0.00000292. The van der Waals surface area contributed by atoms with Crippen molar-refractivity contribution in [2.24, 2.45) is 5.41 Å². The molecule has 3 fully saturated rings. The van der Waals surface area contributed by atoms with E-state index < -0.39 is 17.9 Å². The van der Waals surface area contributed by atoms with Crippen LogP contribution < -0.4 is 31.1 Å². The van der Waals surface area contributed by atoms with Crippen molar-refractivity contribution < 1.29 is 29.1 Å². The van der Waals surface area contributed by atoms with Crippen LogP contribution in [-0.2, 0) is 16.0 Å². The van der Waals surface area contributed by atoms with Gasteiger partial charge < -0.3 is 41.0 Å². The average Bonchev–Trinajstić information content (AvgIpc) is 3.85. The molecule has 9 rings (SSSR count). The standard InChI is InChI=1S/C48H55N11O5.CH4O/c1-4-19-50-44(62)37-26-51-47(55-43(37)54-39-17-11-31-10-9-30(5-2)42(31)53-39)52-32-12-14-33(15-13-32)56-20-22-57(23-21-56)35-24-48(25-35)28-58(29-48)38-8-6-7-36-41(38)46(64)59(45(36)63)34(27-60)16-18-40(61)49-3;1-2/h4,6-8,11-15,17,26-27,30,34-35H,1,5,9-10,16,18-25,28-29H2,2-3H3,(H,49,61)(H,50,62)(H2,51,52,53,54,55);2H,1H3. The summed E-state index contributed by atoms with van der Waals surface area (Å²) in [5, 5.41) is 19.0. The van der Waals surface area contributed by atoms with Crippen molar-refractivity contribution >= 4 is 64.6 Å². The Bertz CT molecular complexity index is 2480. The average molecular weight is 898 g/mol. The Labute approximate surface area is 385 Å². The maximum absolute atomic E-state index is 13.6. The van der Waals surface area contributed by atoms with E-state index in [1.165, 1.54) is 18.8 Å². The summed E-state index contributed by atoms with van der Waals surface area (Å²) in [7, 11) is 2.51. The number of pyridine rings is 1. The lowest BCUT2D eigenvalue weighted by molar-refractivity contribution is -0.121. The van der Waals surface area contributed by atoms with E-state index in [1.807, 2.05) is 24.3 Å². The third-order valence-corrected chi connectivity index (χ3v) is 13.7. The molecular formula is C49H59N11O6. The van der Waals surface area contributed by atoms with E-state index in [-0.39, 0.29) is 30.1 Å². The van der Waals surface area contributed by atoms with Crippen LogP contribution in [0.25, 0.3) is 0 Å². The number of hydrogen-bond acceptors (Lipinski definition) is 14. The highest BCUT2D eigenvalue weighted by Crippen LogP contribution is 2.52. The van der Waals surface area contributed by atoms with E-state index in [9.17, 15) is 24.0 Å². The number of aromatic nitrogens is 3. The van der Waals surface area contributed by atoms with Crippen molar-refractivity contribution in [3.05, 3.63) is 101 Å². The second-order valence-corrected chi connectivity index (χ2v) is 17.7. The second-order valence-electron chi connectivity index (χ2n) is 17.7. The predicted molar refractivity (Wildman–Crippen MR) is 253 cm³/mol. The monoisotopic (exact) mass is 897 g/mol. The third-order valence-electron chi connectivity index (χ3n) is 13.7. The number of aliphatic hydroxyl groups excluding tert-OH is 1. The van der Waals surface area contributed by atoms with Gasteiger partial charge in [-0.3, -0.25) is 29.0 Å². The summed E-state index contributed by atoms with van der Waals surface area (Å²) in [5.41, 5.74) is 6.26. The van der Waals surface area contributed by atoms with Gasteiger partial charge in [-0.2, -0.15) is 4.98 Å². The minimum absolute atomic E-state index is 0.0405. The first-order valence-corrected chi connectivity index (χ1v) is 22.9.